The molecule has 1 aliphatic heterocycles. The number of nitrogens with zero attached hydrogens (tertiary/aromatic N) is 1. The Balaban J connectivity index is 2.52. The summed E-state index contributed by atoms with van der Waals surface area (Å²) in [4.78, 5) is 13.2. The van der Waals surface area contributed by atoms with E-state index in [9.17, 15) is 4.79 Å². The minimum atomic E-state index is 0.159. The van der Waals surface area contributed by atoms with E-state index in [0.29, 0.717) is 5.75 Å². The number of carbonyl (C=O) groups excluding carboxylic acids is 1. The van der Waals surface area contributed by atoms with E-state index in [1.54, 1.807) is 0 Å². The molecule has 0 aromatic carbocycles. The summed E-state index contributed by atoms with van der Waals surface area (Å²) >= 11 is 5.92. The average molecular weight is 205 g/mol. The summed E-state index contributed by atoms with van der Waals surface area (Å²) in [6, 6.07) is 0. The minimum Gasteiger partial charge on any atom is -0.340 e. The molecule has 1 rings (SSSR count). The third kappa shape index (κ3) is 2.59. The van der Waals surface area contributed by atoms with E-state index in [1.807, 2.05) is 16.7 Å². The van der Waals surface area contributed by atoms with Crippen LogP contribution in [0, 0.1) is 0 Å². The second-order valence-electron chi connectivity index (χ2n) is 3.58. The van der Waals surface area contributed by atoms with Gasteiger partial charge in [0.25, 0.3) is 0 Å². The summed E-state index contributed by atoms with van der Waals surface area (Å²) in [7, 11) is 0. The van der Waals surface area contributed by atoms with Crippen molar-refractivity contribution in [2.24, 2.45) is 0 Å². The molecule has 12 heavy (non-hydrogen) atoms. The summed E-state index contributed by atoms with van der Waals surface area (Å²) in [5.74, 6) is 1.54. The molecule has 0 unspecified atom stereocenters. The molecule has 0 aromatic heterocycles. The van der Waals surface area contributed by atoms with Crippen LogP contribution in [0.1, 0.15) is 13.8 Å². The maximum atomic E-state index is 11.3. The van der Waals surface area contributed by atoms with Crippen molar-refractivity contribution in [1.82, 2.24) is 4.90 Å². The van der Waals surface area contributed by atoms with Crippen LogP contribution in [-0.2, 0) is 4.79 Å². The predicted molar refractivity (Wildman–Crippen MR) is 57.0 cm³/mol. The van der Waals surface area contributed by atoms with Crippen molar-refractivity contribution in [2.75, 3.05) is 24.6 Å². The van der Waals surface area contributed by atoms with Crippen LogP contribution in [0.5, 0.6) is 0 Å². The maximum Gasteiger partial charge on any atom is 0.232 e. The molecule has 0 aromatic rings. The topological polar surface area (TPSA) is 20.3 Å². The molecule has 0 bridgehead atoms. The first kappa shape index (κ1) is 10.3. The Bertz CT molecular complexity index is 182. The molecular formula is C8H15NOS2. The van der Waals surface area contributed by atoms with Crippen molar-refractivity contribution >= 4 is 30.3 Å². The number of hydrogen-bond acceptors (Lipinski definition) is 3. The largest absolute Gasteiger partial charge is 0.340 e. The molecule has 4 heteroatoms. The number of rotatable bonds is 1. The molecule has 0 saturated carbocycles. The highest BCUT2D eigenvalue weighted by Crippen LogP contribution is 2.29. The summed E-state index contributed by atoms with van der Waals surface area (Å²) in [6.45, 7) is 6.09. The van der Waals surface area contributed by atoms with Crippen LogP contribution in [0.15, 0.2) is 0 Å². The lowest BCUT2D eigenvalue weighted by Crippen LogP contribution is -2.46. The fraction of sp³-hybridized carbons (Fsp3) is 0.875. The van der Waals surface area contributed by atoms with Crippen molar-refractivity contribution in [3.8, 4) is 0 Å². The van der Waals surface area contributed by atoms with Gasteiger partial charge in [-0.3, -0.25) is 4.79 Å². The highest BCUT2D eigenvalue weighted by atomic mass is 32.2. The van der Waals surface area contributed by atoms with E-state index >= 15 is 0 Å². The third-order valence-corrected chi connectivity index (χ3v) is 3.48. The maximum absolute atomic E-state index is 11.3. The van der Waals surface area contributed by atoms with Crippen molar-refractivity contribution in [2.45, 2.75) is 18.6 Å². The van der Waals surface area contributed by atoms with Gasteiger partial charge >= 0.3 is 0 Å². The van der Waals surface area contributed by atoms with E-state index in [2.05, 4.69) is 26.5 Å². The van der Waals surface area contributed by atoms with E-state index in [1.165, 1.54) is 0 Å². The van der Waals surface area contributed by atoms with Gasteiger partial charge in [-0.15, -0.1) is 0 Å². The van der Waals surface area contributed by atoms with Crippen molar-refractivity contribution < 1.29 is 4.79 Å². The Kier molecular flexibility index (Phi) is 3.35. The van der Waals surface area contributed by atoms with Crippen molar-refractivity contribution in [3.63, 3.8) is 0 Å². The van der Waals surface area contributed by atoms with Crippen LogP contribution < -0.4 is 0 Å². The Hall–Kier alpha value is 0.170. The number of thioether (sulfide) groups is 1. The second kappa shape index (κ2) is 3.92. The van der Waals surface area contributed by atoms with Gasteiger partial charge in [0.05, 0.1) is 5.75 Å². The molecule has 0 spiro atoms. The van der Waals surface area contributed by atoms with Gasteiger partial charge in [-0.25, -0.2) is 0 Å². The van der Waals surface area contributed by atoms with Gasteiger partial charge in [-0.05, 0) is 13.8 Å². The fourth-order valence-electron chi connectivity index (χ4n) is 1.33. The van der Waals surface area contributed by atoms with Crippen LogP contribution >= 0.6 is 24.4 Å². The van der Waals surface area contributed by atoms with Crippen LogP contribution in [0.3, 0.4) is 0 Å². The van der Waals surface area contributed by atoms with Gasteiger partial charge in [-0.2, -0.15) is 24.4 Å². The van der Waals surface area contributed by atoms with Gasteiger partial charge in [0, 0.05) is 23.6 Å². The zero-order chi connectivity index (χ0) is 9.19. The molecule has 70 valence electrons. The van der Waals surface area contributed by atoms with Gasteiger partial charge in [0.2, 0.25) is 5.91 Å². The van der Waals surface area contributed by atoms with Crippen molar-refractivity contribution in [3.05, 3.63) is 0 Å². The summed E-state index contributed by atoms with van der Waals surface area (Å²) < 4.78 is 0.219. The fourth-order valence-corrected chi connectivity index (χ4v) is 2.64. The number of amides is 1. The lowest BCUT2D eigenvalue weighted by atomic mass is 10.2. The SMILES string of the molecule is CC1(C)CN(C(=O)CS)CCS1. The molecule has 1 amide bonds. The normalized spacial score (nSPS) is 22.4. The second-order valence-corrected chi connectivity index (χ2v) is 5.70. The summed E-state index contributed by atoms with van der Waals surface area (Å²) in [5.41, 5.74) is 0. The number of hydrogen-bond donors (Lipinski definition) is 1. The van der Waals surface area contributed by atoms with Crippen LogP contribution in [0.4, 0.5) is 0 Å². The van der Waals surface area contributed by atoms with E-state index in [-0.39, 0.29) is 10.7 Å². The first-order valence-electron chi connectivity index (χ1n) is 4.08. The predicted octanol–water partition coefficient (Wildman–Crippen LogP) is 1.27. The highest BCUT2D eigenvalue weighted by Gasteiger charge is 2.28. The summed E-state index contributed by atoms with van der Waals surface area (Å²) in [6.07, 6.45) is 0. The molecule has 1 fully saturated rings. The Labute approximate surface area is 83.5 Å². The molecule has 0 N–H and O–H groups in total. The lowest BCUT2D eigenvalue weighted by Gasteiger charge is -2.37. The lowest BCUT2D eigenvalue weighted by molar-refractivity contribution is -0.128. The Morgan fingerprint density at radius 2 is 2.33 bits per heavy atom. The molecule has 0 atom stereocenters. The van der Waals surface area contributed by atoms with Gasteiger partial charge < -0.3 is 4.90 Å². The van der Waals surface area contributed by atoms with E-state index < -0.39 is 0 Å². The zero-order valence-electron chi connectivity index (χ0n) is 7.54. The Morgan fingerprint density at radius 1 is 1.67 bits per heavy atom. The first-order valence-corrected chi connectivity index (χ1v) is 5.69. The third-order valence-electron chi connectivity index (χ3n) is 1.91. The molecule has 1 aliphatic rings. The first-order chi connectivity index (χ1) is 5.55. The molecular weight excluding hydrogens is 190 g/mol. The minimum absolute atomic E-state index is 0.159. The number of carbonyl (C=O) groups is 1. The molecule has 0 radical (unpaired) electrons. The average Bonchev–Trinajstić information content (AvgIpc) is 2.01. The number of thiol groups is 1. The summed E-state index contributed by atoms with van der Waals surface area (Å²) in [5, 5.41) is 0. The van der Waals surface area contributed by atoms with Crippen LogP contribution in [-0.4, -0.2) is 40.1 Å². The standard InChI is InChI=1S/C8H15NOS2/c1-8(2)6-9(3-4-12-8)7(10)5-11/h11H,3-6H2,1-2H3. The zero-order valence-corrected chi connectivity index (χ0v) is 9.25. The molecule has 1 heterocycles. The van der Waals surface area contributed by atoms with Crippen LogP contribution in [0.25, 0.3) is 0 Å². The monoisotopic (exact) mass is 205 g/mol. The quantitative estimate of drug-likeness (QED) is 0.651. The molecule has 0 aliphatic carbocycles. The van der Waals surface area contributed by atoms with E-state index in [0.717, 1.165) is 18.8 Å². The van der Waals surface area contributed by atoms with Gasteiger partial charge in [-0.1, -0.05) is 0 Å². The van der Waals surface area contributed by atoms with E-state index in [4.69, 9.17) is 0 Å². The van der Waals surface area contributed by atoms with Gasteiger partial charge in [0.15, 0.2) is 0 Å². The molecule has 2 nitrogen and oxygen atoms in total. The van der Waals surface area contributed by atoms with Gasteiger partial charge in [0.1, 0.15) is 0 Å². The highest BCUT2D eigenvalue weighted by molar-refractivity contribution is 8.00. The van der Waals surface area contributed by atoms with Crippen LogP contribution in [0.2, 0.25) is 0 Å². The smallest absolute Gasteiger partial charge is 0.232 e. The Morgan fingerprint density at radius 3 is 2.83 bits per heavy atom. The molecule has 1 saturated heterocycles. The van der Waals surface area contributed by atoms with Crippen molar-refractivity contribution in [1.29, 1.82) is 0 Å².